The highest BCUT2D eigenvalue weighted by molar-refractivity contribution is 7.00. The predicted octanol–water partition coefficient (Wildman–Crippen LogP) is 25.3. The molecular formula is C102H62BN5O. The predicted molar refractivity (Wildman–Crippen MR) is 458 cm³/mol. The van der Waals surface area contributed by atoms with Gasteiger partial charge < -0.3 is 27.8 Å². The Kier molecular flexibility index (Phi) is 9.53. The molecule has 22 aromatic rings. The van der Waals surface area contributed by atoms with Gasteiger partial charge in [0.25, 0.3) is 6.71 Å². The molecule has 0 saturated heterocycles. The zero-order valence-corrected chi connectivity index (χ0v) is 57.6. The smallest absolute Gasteiger partial charge is 0.252 e. The molecule has 24 rings (SSSR count). The van der Waals surface area contributed by atoms with Crippen LogP contribution in [0.1, 0.15) is 24.7 Å². The Morgan fingerprint density at radius 3 is 1.12 bits per heavy atom. The van der Waals surface area contributed by atoms with E-state index in [1.165, 1.54) is 9.13 Å². The summed E-state index contributed by atoms with van der Waals surface area (Å²) in [5.74, 6) is 0. The second kappa shape index (κ2) is 23.1. The van der Waals surface area contributed by atoms with Crippen molar-refractivity contribution in [1.82, 2.24) is 13.5 Å². The minimum Gasteiger partial charge on any atom is -0.456 e. The van der Waals surface area contributed by atoms with Crippen LogP contribution in [0.4, 0.5) is 34.1 Å². The van der Waals surface area contributed by atoms with E-state index in [0.29, 0.717) is 84.0 Å². The SMILES string of the molecule is [2H]c1cc(-c2ccccc2)c(N2c3cc(-n4c5c([2H])c([2H])c([2H])c([2H])c5c5c([2H])c([2H])c([2H])c([2H])c54)ccc3B3c4ccc(-n5c6c([2H])c([2H])c([2H])c([2H])c6c6c([2H])c([2H])c([2H])c([2H])c65)cc4N(c4c(-c5ccccc5)cc([2H])cc4-c4cc5c6ccccc6n6c7ccccc7c(c4)c56)c4cc(-c5ccc6oc7ccccc7c6c5)cc2c43)c(-c2ccccc2)c1. The second-order valence-electron chi connectivity index (χ2n) is 28.0. The van der Waals surface area contributed by atoms with Gasteiger partial charge in [-0.25, -0.2) is 0 Å². The van der Waals surface area contributed by atoms with E-state index >= 15 is 0 Å². The largest absolute Gasteiger partial charge is 0.456 e. The molecule has 0 unspecified atom stereocenters. The van der Waals surface area contributed by atoms with E-state index in [-0.39, 0.29) is 67.1 Å². The van der Waals surface area contributed by atoms with E-state index in [2.05, 4.69) is 68.8 Å². The maximum Gasteiger partial charge on any atom is 0.252 e. The molecule has 6 nitrogen and oxygen atoms in total. The van der Waals surface area contributed by atoms with Crippen LogP contribution in [0.3, 0.4) is 0 Å². The number of furan rings is 1. The van der Waals surface area contributed by atoms with Crippen LogP contribution in [0.25, 0.3) is 171 Å². The highest BCUT2D eigenvalue weighted by Crippen LogP contribution is 2.56. The number of benzene rings is 17. The standard InChI is InChI=1S/C102H62BN5O/c1-4-26-63(27-5-1)71-39-24-40-72(64-28-6-2-7-29-64)100(71)107-93-61-69(104-87-43-17-10-32-75(87)76-33-11-18-44-88(76)104)51-53-85(93)103-86-54-52-70(105-89-45-19-12-34-77(89)78-35-13-20-46-90(78)105)62-94(86)108(96-60-67(59-95(107)99(96)103)66-50-55-98-82(56-66)81-38-16-23-49-97(81)109-98)101-73(65-30-8-3-9-31-65)41-25-42-74(101)68-57-83-79-36-14-21-47-91(79)106-92-48-22-15-37-80(92)84(58-68)102(83)106/h1-62H/i10D,11D,12D,13D,17D,18D,19D,20D,24D,25D,32D,33D,34D,35D,43D,44D,45D,46D. The molecular weight excluding hydrogens is 1320 g/mol. The van der Waals surface area contributed by atoms with Gasteiger partial charge in [0.2, 0.25) is 0 Å². The Bertz CT molecular complexity index is 8430. The fourth-order valence-electron chi connectivity index (χ4n) is 18.0. The lowest BCUT2D eigenvalue weighted by atomic mass is 9.33. The van der Waals surface area contributed by atoms with Crippen molar-refractivity contribution < 1.29 is 29.1 Å². The van der Waals surface area contributed by atoms with E-state index in [1.54, 1.807) is 6.07 Å². The fourth-order valence-corrected chi connectivity index (χ4v) is 18.0. The average Bonchev–Trinajstić information content (AvgIpc) is 1.08. The first-order valence-electron chi connectivity index (χ1n) is 45.2. The molecule has 7 heteroatoms. The third-order valence-corrected chi connectivity index (χ3v) is 22.5. The summed E-state index contributed by atoms with van der Waals surface area (Å²) in [4.78, 5) is 4.44. The Morgan fingerprint density at radius 1 is 0.257 bits per heavy atom. The van der Waals surface area contributed by atoms with Crippen LogP contribution in [0.15, 0.2) is 380 Å². The minimum absolute atomic E-state index is 0.103. The molecule has 0 saturated carbocycles. The molecule has 0 bridgehead atoms. The number of hydrogen-bond donors (Lipinski definition) is 0. The third-order valence-electron chi connectivity index (χ3n) is 22.5. The Balaban J connectivity index is 0.918. The fraction of sp³-hybridized carbons (Fsp3) is 0. The molecule has 0 spiro atoms. The molecule has 0 amide bonds. The van der Waals surface area contributed by atoms with Crippen LogP contribution >= 0.6 is 0 Å². The van der Waals surface area contributed by atoms with Crippen molar-refractivity contribution in [3.8, 4) is 67.0 Å². The topological polar surface area (TPSA) is 33.9 Å². The molecule has 2 aliphatic rings. The summed E-state index contributed by atoms with van der Waals surface area (Å²) >= 11 is 0. The number of aromatic nitrogens is 3. The number of anilines is 6. The van der Waals surface area contributed by atoms with Crippen LogP contribution in [0.2, 0.25) is 0 Å². The summed E-state index contributed by atoms with van der Waals surface area (Å²) in [6.07, 6.45) is 0. The minimum atomic E-state index is -0.907. The van der Waals surface area contributed by atoms with E-state index < -0.39 is 103 Å². The molecule has 0 N–H and O–H groups in total. The van der Waals surface area contributed by atoms with Crippen molar-refractivity contribution in [2.45, 2.75) is 0 Å². The summed E-state index contributed by atoms with van der Waals surface area (Å²) < 4.78 is 185. The molecule has 504 valence electrons. The summed E-state index contributed by atoms with van der Waals surface area (Å²) in [6, 6.07) is 79.3. The van der Waals surface area contributed by atoms with Gasteiger partial charge in [0, 0.05) is 110 Å². The number of fused-ring (bicyclic) bond motifs is 19. The first-order valence-corrected chi connectivity index (χ1v) is 36.2. The Labute approximate surface area is 653 Å². The highest BCUT2D eigenvalue weighted by Gasteiger charge is 2.46. The normalized spacial score (nSPS) is 15.0. The van der Waals surface area contributed by atoms with Crippen LogP contribution < -0.4 is 26.2 Å². The first-order chi connectivity index (χ1) is 61.5. The monoisotopic (exact) mass is 1400 g/mol. The van der Waals surface area contributed by atoms with Crippen LogP contribution in [0, 0.1) is 0 Å². The van der Waals surface area contributed by atoms with E-state index in [0.717, 1.165) is 82.1 Å². The van der Waals surface area contributed by atoms with Crippen molar-refractivity contribution in [2.24, 2.45) is 0 Å². The summed E-state index contributed by atoms with van der Waals surface area (Å²) in [7, 11) is 0. The van der Waals surface area contributed by atoms with E-state index in [9.17, 15) is 21.9 Å². The summed E-state index contributed by atoms with van der Waals surface area (Å²) in [6.45, 7) is -0.907. The molecule has 5 aromatic heterocycles. The van der Waals surface area contributed by atoms with Crippen molar-refractivity contribution in [3.05, 3.63) is 376 Å². The van der Waals surface area contributed by atoms with Crippen LogP contribution in [0.5, 0.6) is 0 Å². The van der Waals surface area contributed by atoms with Crippen LogP contribution in [-0.4, -0.2) is 20.2 Å². The zero-order chi connectivity index (χ0) is 86.8. The first kappa shape index (κ1) is 45.1. The highest BCUT2D eigenvalue weighted by atomic mass is 16.3. The molecule has 17 aromatic carbocycles. The van der Waals surface area contributed by atoms with E-state index in [1.807, 2.05) is 206 Å². The van der Waals surface area contributed by atoms with Gasteiger partial charge in [-0.3, -0.25) is 0 Å². The number of para-hydroxylation sites is 9. The zero-order valence-electron chi connectivity index (χ0n) is 75.6. The maximum atomic E-state index is 10.3. The van der Waals surface area contributed by atoms with Gasteiger partial charge >= 0.3 is 0 Å². The van der Waals surface area contributed by atoms with Gasteiger partial charge in [-0.2, -0.15) is 0 Å². The van der Waals surface area contributed by atoms with Crippen molar-refractivity contribution in [2.75, 3.05) is 9.80 Å². The van der Waals surface area contributed by atoms with Crippen molar-refractivity contribution in [3.63, 3.8) is 0 Å². The molecule has 0 aliphatic carbocycles. The number of rotatable bonds is 9. The number of hydrogen-bond acceptors (Lipinski definition) is 3. The third kappa shape index (κ3) is 8.63. The lowest BCUT2D eigenvalue weighted by Gasteiger charge is -2.46. The number of nitrogens with zero attached hydrogens (tertiary/aromatic N) is 5. The molecule has 2 aliphatic heterocycles. The van der Waals surface area contributed by atoms with Crippen LogP contribution in [-0.2, 0) is 0 Å². The Hall–Kier alpha value is -14.4. The quantitative estimate of drug-likeness (QED) is 0.135. The van der Waals surface area contributed by atoms with Crippen molar-refractivity contribution in [1.29, 1.82) is 0 Å². The molecule has 109 heavy (non-hydrogen) atoms. The van der Waals surface area contributed by atoms with Gasteiger partial charge in [-0.05, 0) is 153 Å². The maximum absolute atomic E-state index is 10.3. The molecule has 0 radical (unpaired) electrons. The van der Waals surface area contributed by atoms with E-state index in [4.69, 9.17) is 7.16 Å². The van der Waals surface area contributed by atoms with Gasteiger partial charge in [0.1, 0.15) is 11.2 Å². The lowest BCUT2D eigenvalue weighted by molar-refractivity contribution is 0.669. The average molecular weight is 1400 g/mol. The molecule has 7 heterocycles. The lowest BCUT2D eigenvalue weighted by Crippen LogP contribution is -2.61. The van der Waals surface area contributed by atoms with Gasteiger partial charge in [0.15, 0.2) is 0 Å². The second-order valence-corrected chi connectivity index (χ2v) is 28.0. The molecule has 0 fully saturated rings. The van der Waals surface area contributed by atoms with Gasteiger partial charge in [-0.1, -0.05) is 273 Å². The Morgan fingerprint density at radius 2 is 0.651 bits per heavy atom. The summed E-state index contributed by atoms with van der Waals surface area (Å²) in [5, 5.41) is 5.12. The van der Waals surface area contributed by atoms with Crippen molar-refractivity contribution >= 4 is 161 Å². The molecule has 0 atom stereocenters. The van der Waals surface area contributed by atoms with Gasteiger partial charge in [-0.15, -0.1) is 0 Å². The summed E-state index contributed by atoms with van der Waals surface area (Å²) in [5.41, 5.74) is 16.5. The van der Waals surface area contributed by atoms with Gasteiger partial charge in [0.05, 0.1) is 74.7 Å².